The summed E-state index contributed by atoms with van der Waals surface area (Å²) in [4.78, 5) is 10.3. The molecule has 0 aliphatic rings. The third-order valence-electron chi connectivity index (χ3n) is 2.56. The van der Waals surface area contributed by atoms with Gasteiger partial charge in [0.05, 0.1) is 21.2 Å². The van der Waals surface area contributed by atoms with Gasteiger partial charge in [-0.3, -0.25) is 14.8 Å². The molecule has 1 heterocycles. The predicted molar refractivity (Wildman–Crippen MR) is 72.0 cm³/mol. The van der Waals surface area contributed by atoms with Crippen molar-refractivity contribution in [2.24, 2.45) is 7.05 Å². The molecule has 0 bridgehead atoms. The minimum atomic E-state index is -0.655. The number of nitrogens with one attached hydrogen (secondary N) is 1. The monoisotopic (exact) mass is 328 g/mol. The predicted octanol–water partition coefficient (Wildman–Crippen LogP) is 3.28. The first-order chi connectivity index (χ1) is 8.90. The minimum Gasteiger partial charge on any atom is -0.334 e. The molecule has 2 rings (SSSR count). The number of anilines is 2. The number of benzene rings is 1. The maximum atomic E-state index is 13.0. The number of nitro groups is 1. The van der Waals surface area contributed by atoms with Crippen LogP contribution in [0.4, 0.5) is 21.6 Å². The van der Waals surface area contributed by atoms with Crippen LogP contribution in [0.3, 0.4) is 0 Å². The van der Waals surface area contributed by atoms with Crippen LogP contribution in [0.5, 0.6) is 0 Å². The molecule has 0 unspecified atom stereocenters. The third kappa shape index (κ3) is 2.58. The van der Waals surface area contributed by atoms with Crippen molar-refractivity contribution in [1.82, 2.24) is 9.78 Å². The molecule has 19 heavy (non-hydrogen) atoms. The van der Waals surface area contributed by atoms with Gasteiger partial charge in [0.25, 0.3) is 5.69 Å². The maximum absolute atomic E-state index is 13.0. The Labute approximate surface area is 116 Å². The molecular formula is C11H10BrFN4O2. The SMILES string of the molecule is Cc1nn(C)c(Nc2ccc(F)cc2[N+](=O)[O-])c1Br. The van der Waals surface area contributed by atoms with Crippen molar-refractivity contribution in [1.29, 1.82) is 0 Å². The molecule has 0 aliphatic heterocycles. The van der Waals surface area contributed by atoms with Crippen LogP contribution in [0.1, 0.15) is 5.69 Å². The number of rotatable bonds is 3. The topological polar surface area (TPSA) is 73.0 Å². The maximum Gasteiger partial charge on any atom is 0.295 e. The van der Waals surface area contributed by atoms with Gasteiger partial charge in [-0.1, -0.05) is 0 Å². The van der Waals surface area contributed by atoms with Gasteiger partial charge in [0.15, 0.2) is 0 Å². The standard InChI is InChI=1S/C11H10BrFN4O2/c1-6-10(12)11(16(2)15-6)14-8-4-3-7(13)5-9(8)17(18)19/h3-5,14H,1-2H3. The van der Waals surface area contributed by atoms with Gasteiger partial charge in [0, 0.05) is 7.05 Å². The number of nitrogens with zero attached hydrogens (tertiary/aromatic N) is 3. The zero-order valence-corrected chi connectivity index (χ0v) is 11.7. The van der Waals surface area contributed by atoms with Gasteiger partial charge >= 0.3 is 0 Å². The molecule has 1 N–H and O–H groups in total. The van der Waals surface area contributed by atoms with Gasteiger partial charge in [0.2, 0.25) is 0 Å². The Hall–Kier alpha value is -1.96. The summed E-state index contributed by atoms with van der Waals surface area (Å²) in [5.41, 5.74) is 0.621. The summed E-state index contributed by atoms with van der Waals surface area (Å²) in [6.07, 6.45) is 0. The van der Waals surface area contributed by atoms with Crippen molar-refractivity contribution in [3.05, 3.63) is 44.3 Å². The van der Waals surface area contributed by atoms with Crippen LogP contribution in [-0.2, 0) is 7.05 Å². The molecule has 1 aromatic heterocycles. The summed E-state index contributed by atoms with van der Waals surface area (Å²) in [5, 5.41) is 17.9. The molecule has 0 spiro atoms. The van der Waals surface area contributed by atoms with Crippen LogP contribution in [0.15, 0.2) is 22.7 Å². The number of nitro benzene ring substituents is 1. The first-order valence-corrected chi connectivity index (χ1v) is 6.09. The number of hydrogen-bond acceptors (Lipinski definition) is 4. The highest BCUT2D eigenvalue weighted by Crippen LogP contribution is 2.32. The van der Waals surface area contributed by atoms with Crippen molar-refractivity contribution in [2.75, 3.05) is 5.32 Å². The number of aromatic nitrogens is 2. The normalized spacial score (nSPS) is 10.5. The Bertz CT molecular complexity index is 656. The lowest BCUT2D eigenvalue weighted by Crippen LogP contribution is -2.02. The minimum absolute atomic E-state index is 0.204. The van der Waals surface area contributed by atoms with E-state index >= 15 is 0 Å². The van der Waals surface area contributed by atoms with Gasteiger partial charge in [0.1, 0.15) is 17.3 Å². The Morgan fingerprint density at radius 2 is 2.21 bits per heavy atom. The largest absolute Gasteiger partial charge is 0.334 e. The molecule has 0 atom stereocenters. The zero-order valence-electron chi connectivity index (χ0n) is 10.1. The summed E-state index contributed by atoms with van der Waals surface area (Å²) >= 11 is 3.34. The molecule has 0 saturated heterocycles. The average molecular weight is 329 g/mol. The van der Waals surface area contributed by atoms with E-state index in [2.05, 4.69) is 26.3 Å². The van der Waals surface area contributed by atoms with E-state index in [4.69, 9.17) is 0 Å². The first kappa shape index (κ1) is 13.5. The molecular weight excluding hydrogens is 319 g/mol. The summed E-state index contributed by atoms with van der Waals surface area (Å²) in [7, 11) is 1.70. The van der Waals surface area contributed by atoms with E-state index in [1.807, 2.05) is 0 Å². The Morgan fingerprint density at radius 1 is 1.53 bits per heavy atom. The van der Waals surface area contributed by atoms with E-state index in [0.717, 1.165) is 17.8 Å². The molecule has 0 fully saturated rings. The van der Waals surface area contributed by atoms with Crippen LogP contribution >= 0.6 is 15.9 Å². The molecule has 0 radical (unpaired) electrons. The van der Waals surface area contributed by atoms with Crippen LogP contribution in [0.25, 0.3) is 0 Å². The Morgan fingerprint density at radius 3 is 2.74 bits per heavy atom. The van der Waals surface area contributed by atoms with Crippen LogP contribution in [0, 0.1) is 22.9 Å². The summed E-state index contributed by atoms with van der Waals surface area (Å²) < 4.78 is 15.3. The Kier molecular flexibility index (Phi) is 3.52. The first-order valence-electron chi connectivity index (χ1n) is 5.30. The average Bonchev–Trinajstić information content (AvgIpc) is 2.57. The van der Waals surface area contributed by atoms with E-state index in [0.29, 0.717) is 10.3 Å². The molecule has 2 aromatic rings. The zero-order chi connectivity index (χ0) is 14.2. The van der Waals surface area contributed by atoms with Gasteiger partial charge in [-0.15, -0.1) is 0 Å². The lowest BCUT2D eigenvalue weighted by atomic mass is 10.2. The molecule has 8 heteroatoms. The Balaban J connectivity index is 2.46. The van der Waals surface area contributed by atoms with E-state index in [-0.39, 0.29) is 11.4 Å². The highest BCUT2D eigenvalue weighted by Gasteiger charge is 2.18. The van der Waals surface area contributed by atoms with Gasteiger partial charge in [-0.2, -0.15) is 5.10 Å². The lowest BCUT2D eigenvalue weighted by molar-refractivity contribution is -0.384. The van der Waals surface area contributed by atoms with Gasteiger partial charge in [-0.05, 0) is 35.0 Å². The molecule has 6 nitrogen and oxygen atoms in total. The summed E-state index contributed by atoms with van der Waals surface area (Å²) in [5.74, 6) is -0.0929. The van der Waals surface area contributed by atoms with Crippen molar-refractivity contribution < 1.29 is 9.31 Å². The molecule has 100 valence electrons. The summed E-state index contributed by atoms with van der Waals surface area (Å²) in [6, 6.07) is 3.36. The number of halogens is 2. The quantitative estimate of drug-likeness (QED) is 0.693. The van der Waals surface area contributed by atoms with E-state index in [9.17, 15) is 14.5 Å². The second-order valence-electron chi connectivity index (χ2n) is 3.92. The van der Waals surface area contributed by atoms with Crippen molar-refractivity contribution in [3.8, 4) is 0 Å². The van der Waals surface area contributed by atoms with Crippen LogP contribution < -0.4 is 5.32 Å². The molecule has 0 saturated carbocycles. The van der Waals surface area contributed by atoms with Gasteiger partial charge in [-0.25, -0.2) is 4.39 Å². The smallest absolute Gasteiger partial charge is 0.295 e. The van der Waals surface area contributed by atoms with E-state index in [1.54, 1.807) is 18.7 Å². The van der Waals surface area contributed by atoms with Crippen molar-refractivity contribution in [3.63, 3.8) is 0 Å². The summed E-state index contributed by atoms with van der Waals surface area (Å²) in [6.45, 7) is 1.80. The molecule has 0 aliphatic carbocycles. The second kappa shape index (κ2) is 4.96. The number of hydrogen-bond donors (Lipinski definition) is 1. The van der Waals surface area contributed by atoms with Crippen molar-refractivity contribution >= 4 is 33.1 Å². The molecule has 1 aromatic carbocycles. The van der Waals surface area contributed by atoms with E-state index in [1.165, 1.54) is 6.07 Å². The fraction of sp³-hybridized carbons (Fsp3) is 0.182. The lowest BCUT2D eigenvalue weighted by Gasteiger charge is -2.08. The van der Waals surface area contributed by atoms with Crippen LogP contribution in [-0.4, -0.2) is 14.7 Å². The van der Waals surface area contributed by atoms with Crippen LogP contribution in [0.2, 0.25) is 0 Å². The third-order valence-corrected chi connectivity index (χ3v) is 3.51. The number of aryl methyl sites for hydroxylation is 2. The highest BCUT2D eigenvalue weighted by molar-refractivity contribution is 9.10. The molecule has 0 amide bonds. The van der Waals surface area contributed by atoms with E-state index < -0.39 is 10.7 Å². The highest BCUT2D eigenvalue weighted by atomic mass is 79.9. The van der Waals surface area contributed by atoms with Gasteiger partial charge < -0.3 is 5.32 Å². The fourth-order valence-corrected chi connectivity index (χ4v) is 2.09. The second-order valence-corrected chi connectivity index (χ2v) is 4.71. The fourth-order valence-electron chi connectivity index (χ4n) is 1.66. The van der Waals surface area contributed by atoms with Crippen molar-refractivity contribution in [2.45, 2.75) is 6.92 Å².